The molecule has 0 saturated carbocycles. The summed E-state index contributed by atoms with van der Waals surface area (Å²) in [6.07, 6.45) is 1.91. The highest BCUT2D eigenvalue weighted by atomic mass is 27.2. The third kappa shape index (κ3) is 7.93. The van der Waals surface area contributed by atoms with Crippen LogP contribution in [0.3, 0.4) is 0 Å². The number of hydrogen-bond acceptors (Lipinski definition) is 5. The van der Waals surface area contributed by atoms with Gasteiger partial charge in [0.05, 0.1) is 56.9 Å². The Morgan fingerprint density at radius 3 is 2.29 bits per heavy atom. The van der Waals surface area contributed by atoms with Crippen LogP contribution in [0.2, 0.25) is 21.1 Å². The first-order valence-electron chi connectivity index (χ1n) is 11.7. The number of allylic oxidation sites excluding steroid dienone is 1. The largest absolute Gasteiger partial charge is 0.434 e. The summed E-state index contributed by atoms with van der Waals surface area (Å²) in [5.74, 6) is 0. The molecular formula is C24H40AlN2O4-. The van der Waals surface area contributed by atoms with Gasteiger partial charge in [0.15, 0.2) is 0 Å². The highest BCUT2D eigenvalue weighted by molar-refractivity contribution is 6.80. The second kappa shape index (κ2) is 13.9. The van der Waals surface area contributed by atoms with Crippen molar-refractivity contribution in [2.75, 3.05) is 40.1 Å². The Morgan fingerprint density at radius 2 is 1.61 bits per heavy atom. The molecule has 6 nitrogen and oxygen atoms in total. The number of aromatic nitrogens is 2. The highest BCUT2D eigenvalue weighted by Crippen LogP contribution is 2.29. The van der Waals surface area contributed by atoms with E-state index in [4.69, 9.17) is 23.9 Å². The van der Waals surface area contributed by atoms with Gasteiger partial charge in [0.25, 0.3) is 0 Å². The highest BCUT2D eigenvalue weighted by Gasteiger charge is 2.23. The maximum atomic E-state index is 6.11. The predicted molar refractivity (Wildman–Crippen MR) is 130 cm³/mol. The fraction of sp³-hybridized carbons (Fsp3) is 0.625. The van der Waals surface area contributed by atoms with Gasteiger partial charge in [0, 0.05) is 7.11 Å². The number of nitrogens with zero attached hydrogens (tertiary/aromatic N) is 2. The lowest BCUT2D eigenvalue weighted by Crippen LogP contribution is -2.31. The molecule has 174 valence electrons. The summed E-state index contributed by atoms with van der Waals surface area (Å²) in [7, 11) is 1.67. The Bertz CT molecular complexity index is 794. The first-order chi connectivity index (χ1) is 15.1. The molecule has 0 radical (unpaired) electrons. The van der Waals surface area contributed by atoms with Crippen molar-refractivity contribution in [1.29, 1.82) is 0 Å². The fourth-order valence-corrected chi connectivity index (χ4v) is 8.22. The first kappa shape index (κ1) is 25.9. The van der Waals surface area contributed by atoms with Gasteiger partial charge in [-0.05, 0) is 19.1 Å². The van der Waals surface area contributed by atoms with E-state index in [1.807, 2.05) is 24.5 Å². The monoisotopic (exact) mass is 447 g/mol. The normalized spacial score (nSPS) is 12.6. The summed E-state index contributed by atoms with van der Waals surface area (Å²) in [4.78, 5) is 4.71. The minimum atomic E-state index is -1.54. The standard InChI is InChI=1S/C18H25N2O4.3C2H5.Al/c1-15(2)14-24-18-19-16-6-4-5-7-17(16)20(18)8-9-22-12-13-23-11-10-21-3;3*1-2;/h4-7,14H,1,8-13H2,2-3H3;3*1H2,2H3;/q;;;;-1/b15-14-;;;;. The maximum Gasteiger partial charge on any atom is 0.302 e. The lowest BCUT2D eigenvalue weighted by atomic mass is 10.3. The first-order valence-corrected chi connectivity index (χ1v) is 15.0. The number of rotatable bonds is 16. The molecule has 0 bridgehead atoms. The second-order valence-corrected chi connectivity index (χ2v) is 14.8. The molecule has 0 N–H and O–H groups in total. The van der Waals surface area contributed by atoms with Crippen LogP contribution in [0.1, 0.15) is 27.7 Å². The molecule has 31 heavy (non-hydrogen) atoms. The van der Waals surface area contributed by atoms with Crippen LogP contribution in [0, 0.1) is 0 Å². The Balaban J connectivity index is 2.00. The minimum absolute atomic E-state index is 0.560. The zero-order chi connectivity index (χ0) is 22.5. The van der Waals surface area contributed by atoms with Crippen molar-refractivity contribution < 1.29 is 18.9 Å². The van der Waals surface area contributed by atoms with E-state index in [0.717, 1.165) is 11.0 Å². The third-order valence-corrected chi connectivity index (χ3v) is 13.3. The summed E-state index contributed by atoms with van der Waals surface area (Å²) in [5, 5.41) is 5.24. The van der Waals surface area contributed by atoms with Crippen molar-refractivity contribution in [2.24, 2.45) is 0 Å². The van der Waals surface area contributed by atoms with E-state index in [2.05, 4.69) is 38.3 Å². The Hall–Kier alpha value is -1.36. The number of para-hydroxylation sites is 2. The lowest BCUT2D eigenvalue weighted by molar-refractivity contribution is 0.0229. The van der Waals surface area contributed by atoms with Crippen LogP contribution in [0.15, 0.2) is 36.1 Å². The van der Waals surface area contributed by atoms with Crippen LogP contribution in [0.5, 0.6) is 6.01 Å². The quantitative estimate of drug-likeness (QED) is 0.193. The van der Waals surface area contributed by atoms with E-state index in [9.17, 15) is 0 Å². The number of fused-ring (bicyclic) bond motifs is 1. The molecule has 0 unspecified atom stereocenters. The molecule has 0 amide bonds. The van der Waals surface area contributed by atoms with Gasteiger partial charge in [-0.25, -0.2) is 0 Å². The van der Waals surface area contributed by atoms with E-state index >= 15 is 0 Å². The molecule has 0 aliphatic carbocycles. The Kier molecular flexibility index (Phi) is 11.6. The van der Waals surface area contributed by atoms with Crippen LogP contribution < -0.4 is 4.74 Å². The Morgan fingerprint density at radius 1 is 0.968 bits per heavy atom. The van der Waals surface area contributed by atoms with E-state index < -0.39 is 13.1 Å². The van der Waals surface area contributed by atoms with Crippen molar-refractivity contribution in [3.63, 3.8) is 0 Å². The third-order valence-electron chi connectivity index (χ3n) is 6.60. The number of methoxy groups -OCH3 is 1. The zero-order valence-electron chi connectivity index (χ0n) is 20.1. The molecule has 1 aromatic carbocycles. The van der Waals surface area contributed by atoms with E-state index in [1.165, 1.54) is 26.7 Å². The molecule has 0 fully saturated rings. The van der Waals surface area contributed by atoms with Crippen LogP contribution in [0.25, 0.3) is 11.0 Å². The topological polar surface area (TPSA) is 54.7 Å². The van der Waals surface area contributed by atoms with Crippen molar-refractivity contribution in [3.05, 3.63) is 36.1 Å². The lowest BCUT2D eigenvalue weighted by Gasteiger charge is -2.32. The summed E-state index contributed by atoms with van der Waals surface area (Å²) >= 11 is -1.54. The molecule has 2 aromatic rings. The summed E-state index contributed by atoms with van der Waals surface area (Å²) in [6.45, 7) is 12.8. The molecule has 0 aliphatic heterocycles. The summed E-state index contributed by atoms with van der Waals surface area (Å²) in [5.41, 5.74) is 3.32. The van der Waals surface area contributed by atoms with Gasteiger partial charge in [0.2, 0.25) is 0 Å². The van der Waals surface area contributed by atoms with E-state index in [1.54, 1.807) is 7.11 Å². The van der Waals surface area contributed by atoms with Crippen LogP contribution in [-0.2, 0) is 20.8 Å². The molecule has 2 rings (SSSR count). The van der Waals surface area contributed by atoms with Crippen LogP contribution >= 0.6 is 0 Å². The smallest absolute Gasteiger partial charge is 0.302 e. The fourth-order valence-electron chi connectivity index (χ4n) is 4.16. The number of imidazole rings is 1. The van der Waals surface area contributed by atoms with Gasteiger partial charge in [-0.1, -0.05) is 17.7 Å². The van der Waals surface area contributed by atoms with Gasteiger partial charge in [-0.3, -0.25) is 4.57 Å². The molecule has 0 saturated heterocycles. The zero-order valence-corrected chi connectivity index (χ0v) is 21.2. The molecule has 0 atom stereocenters. The van der Waals surface area contributed by atoms with Gasteiger partial charge >= 0.3 is 6.01 Å². The van der Waals surface area contributed by atoms with Crippen LogP contribution in [0.4, 0.5) is 0 Å². The molecule has 1 heterocycles. The van der Waals surface area contributed by atoms with Gasteiger partial charge in [-0.15, -0.1) is 20.8 Å². The van der Waals surface area contributed by atoms with Crippen molar-refractivity contribution in [1.82, 2.24) is 9.55 Å². The molecular weight excluding hydrogens is 407 g/mol. The average Bonchev–Trinajstić information content (AvgIpc) is 3.15. The number of ether oxygens (including phenoxy) is 4. The van der Waals surface area contributed by atoms with Crippen LogP contribution in [-0.4, -0.2) is 62.8 Å². The van der Waals surface area contributed by atoms with Gasteiger partial charge in [-0.2, -0.15) is 26.1 Å². The molecule has 0 aliphatic rings. The maximum absolute atomic E-state index is 6.11. The second-order valence-electron chi connectivity index (χ2n) is 8.50. The minimum Gasteiger partial charge on any atom is -0.434 e. The summed E-state index contributed by atoms with van der Waals surface area (Å²) in [6, 6.07) is 8.75. The van der Waals surface area contributed by atoms with Gasteiger partial charge < -0.3 is 18.9 Å². The Labute approximate surface area is 190 Å². The molecule has 0 spiro atoms. The van der Waals surface area contributed by atoms with Gasteiger partial charge in [0.1, 0.15) is 13.1 Å². The summed E-state index contributed by atoms with van der Waals surface area (Å²) < 4.78 is 24.4. The molecule has 7 heteroatoms. The average molecular weight is 448 g/mol. The van der Waals surface area contributed by atoms with E-state index in [0.29, 0.717) is 45.6 Å². The number of hydrogen-bond donors (Lipinski definition) is 0. The van der Waals surface area contributed by atoms with Crippen molar-refractivity contribution in [2.45, 2.75) is 55.4 Å². The SMILES string of the molecule is C[CH2][Al-]([CH2]C)([CH2]C)[CH2]/C(C)=C/Oc1nc2ccccc2n1CCOCCOCCOC. The van der Waals surface area contributed by atoms with Crippen molar-refractivity contribution in [3.8, 4) is 6.01 Å². The van der Waals surface area contributed by atoms with E-state index in [-0.39, 0.29) is 0 Å². The number of benzene rings is 1. The van der Waals surface area contributed by atoms with Crippen molar-refractivity contribution >= 4 is 24.1 Å². The molecule has 1 aromatic heterocycles. The predicted octanol–water partition coefficient (Wildman–Crippen LogP) is 5.51.